The van der Waals surface area contributed by atoms with Crippen molar-refractivity contribution in [1.29, 1.82) is 0 Å². The number of rotatable bonds is 7. The third-order valence-corrected chi connectivity index (χ3v) is 4.39. The molecule has 1 N–H and O–H groups in total. The monoisotopic (exact) mass is 327 g/mol. The predicted molar refractivity (Wildman–Crippen MR) is 87.4 cm³/mol. The van der Waals surface area contributed by atoms with Crippen LogP contribution in [0.2, 0.25) is 0 Å². The molecule has 0 radical (unpaired) electrons. The van der Waals surface area contributed by atoms with E-state index in [1.165, 1.54) is 11.8 Å². The van der Waals surface area contributed by atoms with Gasteiger partial charge in [-0.05, 0) is 26.7 Å². The highest BCUT2D eigenvalue weighted by Crippen LogP contribution is 2.25. The van der Waals surface area contributed by atoms with Crippen molar-refractivity contribution >= 4 is 23.6 Å². The van der Waals surface area contributed by atoms with E-state index >= 15 is 0 Å². The summed E-state index contributed by atoms with van der Waals surface area (Å²) in [7, 11) is 3.87. The van der Waals surface area contributed by atoms with Crippen LogP contribution in [0.5, 0.6) is 0 Å². The molecule has 1 atom stereocenters. The molecule has 0 spiro atoms. The number of carbonyl (C=O) groups excluding carboxylic acids is 1. The fraction of sp³-hybridized carbons (Fsp3) is 0.786. The number of anilines is 1. The topological polar surface area (TPSA) is 72.3 Å². The molecule has 2 rings (SSSR count). The molecule has 0 aliphatic carbocycles. The van der Waals surface area contributed by atoms with E-state index in [0.29, 0.717) is 12.3 Å². The summed E-state index contributed by atoms with van der Waals surface area (Å²) in [6.07, 6.45) is 2.29. The van der Waals surface area contributed by atoms with E-state index in [1.807, 2.05) is 23.6 Å². The van der Waals surface area contributed by atoms with Crippen molar-refractivity contribution in [3.8, 4) is 0 Å². The Morgan fingerprint density at radius 1 is 1.50 bits per heavy atom. The normalized spacial score (nSPS) is 18.0. The van der Waals surface area contributed by atoms with E-state index in [1.54, 1.807) is 0 Å². The van der Waals surface area contributed by atoms with Gasteiger partial charge in [-0.15, -0.1) is 10.2 Å². The lowest BCUT2D eigenvalue weighted by Gasteiger charge is -2.17. The SMILES string of the molecule is CC(C)n1c(SCC(=O)NC[C@H]2CCCO2)nnc1N(C)C. The second kappa shape index (κ2) is 7.82. The number of ether oxygens (including phenoxy) is 1. The molecule has 22 heavy (non-hydrogen) atoms. The van der Waals surface area contributed by atoms with Crippen molar-refractivity contribution in [3.05, 3.63) is 0 Å². The van der Waals surface area contributed by atoms with Crippen molar-refractivity contribution in [1.82, 2.24) is 20.1 Å². The molecule has 1 aliphatic heterocycles. The summed E-state index contributed by atoms with van der Waals surface area (Å²) >= 11 is 1.41. The second-order valence-electron chi connectivity index (χ2n) is 5.87. The molecule has 1 fully saturated rings. The molecule has 1 saturated heterocycles. The van der Waals surface area contributed by atoms with Crippen molar-refractivity contribution in [2.24, 2.45) is 0 Å². The highest BCUT2D eigenvalue weighted by Gasteiger charge is 2.19. The van der Waals surface area contributed by atoms with E-state index in [4.69, 9.17) is 4.74 Å². The zero-order valence-electron chi connectivity index (χ0n) is 13.7. The van der Waals surface area contributed by atoms with Crippen molar-refractivity contribution in [2.45, 2.75) is 44.0 Å². The maximum atomic E-state index is 11.9. The van der Waals surface area contributed by atoms with Crippen LogP contribution in [0.1, 0.15) is 32.7 Å². The first-order valence-corrected chi connectivity index (χ1v) is 8.61. The van der Waals surface area contributed by atoms with Gasteiger partial charge in [-0.25, -0.2) is 0 Å². The summed E-state index contributed by atoms with van der Waals surface area (Å²) in [5.74, 6) is 1.15. The number of carbonyl (C=O) groups is 1. The molecule has 0 saturated carbocycles. The molecule has 0 bridgehead atoms. The van der Waals surface area contributed by atoms with Crippen LogP contribution in [-0.2, 0) is 9.53 Å². The zero-order valence-corrected chi connectivity index (χ0v) is 14.5. The zero-order chi connectivity index (χ0) is 16.1. The Bertz CT molecular complexity index is 497. The minimum absolute atomic E-state index is 0.00482. The smallest absolute Gasteiger partial charge is 0.230 e. The first kappa shape index (κ1) is 17.1. The molecule has 1 amide bonds. The van der Waals surface area contributed by atoms with Crippen LogP contribution < -0.4 is 10.2 Å². The maximum Gasteiger partial charge on any atom is 0.230 e. The van der Waals surface area contributed by atoms with Crippen LogP contribution in [0.4, 0.5) is 5.95 Å². The van der Waals surface area contributed by atoms with Crippen LogP contribution >= 0.6 is 11.8 Å². The van der Waals surface area contributed by atoms with Gasteiger partial charge in [-0.1, -0.05) is 11.8 Å². The largest absolute Gasteiger partial charge is 0.376 e. The molecule has 124 valence electrons. The van der Waals surface area contributed by atoms with Gasteiger partial charge in [0.25, 0.3) is 0 Å². The van der Waals surface area contributed by atoms with Gasteiger partial charge in [-0.2, -0.15) is 0 Å². The Kier molecular flexibility index (Phi) is 6.07. The van der Waals surface area contributed by atoms with Crippen molar-refractivity contribution in [2.75, 3.05) is 37.9 Å². The average molecular weight is 327 g/mol. The Labute approximate surface area is 135 Å². The second-order valence-corrected chi connectivity index (χ2v) is 6.81. The maximum absolute atomic E-state index is 11.9. The van der Waals surface area contributed by atoms with Gasteiger partial charge >= 0.3 is 0 Å². The lowest BCUT2D eigenvalue weighted by molar-refractivity contribution is -0.119. The van der Waals surface area contributed by atoms with Gasteiger partial charge in [0.05, 0.1) is 11.9 Å². The number of nitrogens with one attached hydrogen (secondary N) is 1. The summed E-state index contributed by atoms with van der Waals surface area (Å²) in [4.78, 5) is 13.9. The summed E-state index contributed by atoms with van der Waals surface area (Å²) in [6.45, 7) is 5.56. The fourth-order valence-corrected chi connectivity index (χ4v) is 3.23. The van der Waals surface area contributed by atoms with Crippen molar-refractivity contribution in [3.63, 3.8) is 0 Å². The van der Waals surface area contributed by atoms with Crippen LogP contribution in [0.25, 0.3) is 0 Å². The van der Waals surface area contributed by atoms with Gasteiger partial charge in [0.15, 0.2) is 5.16 Å². The first-order chi connectivity index (χ1) is 10.5. The van der Waals surface area contributed by atoms with Gasteiger partial charge in [0.2, 0.25) is 11.9 Å². The quantitative estimate of drug-likeness (QED) is 0.761. The molecule has 0 unspecified atom stereocenters. The Morgan fingerprint density at radius 3 is 2.86 bits per heavy atom. The molecular formula is C14H25N5O2S. The summed E-state index contributed by atoms with van der Waals surface area (Å²) in [5.41, 5.74) is 0. The highest BCUT2D eigenvalue weighted by atomic mass is 32.2. The Hall–Kier alpha value is -1.28. The van der Waals surface area contributed by atoms with E-state index < -0.39 is 0 Å². The first-order valence-electron chi connectivity index (χ1n) is 7.62. The molecule has 2 heterocycles. The van der Waals surface area contributed by atoms with E-state index in [-0.39, 0.29) is 18.1 Å². The van der Waals surface area contributed by atoms with Crippen molar-refractivity contribution < 1.29 is 9.53 Å². The summed E-state index contributed by atoms with van der Waals surface area (Å²) in [5, 5.41) is 12.1. The third-order valence-electron chi connectivity index (χ3n) is 3.45. The Balaban J connectivity index is 1.86. The van der Waals surface area contributed by atoms with Crippen LogP contribution in [0.3, 0.4) is 0 Å². The van der Waals surface area contributed by atoms with Gasteiger partial charge in [0.1, 0.15) is 0 Å². The van der Waals surface area contributed by atoms with Gasteiger partial charge in [0, 0.05) is 33.3 Å². The van der Waals surface area contributed by atoms with Crippen LogP contribution in [-0.4, -0.2) is 59.8 Å². The number of amides is 1. The molecule has 8 heteroatoms. The molecule has 1 aliphatic rings. The van der Waals surface area contributed by atoms with E-state index in [2.05, 4.69) is 29.4 Å². The number of nitrogens with zero attached hydrogens (tertiary/aromatic N) is 4. The highest BCUT2D eigenvalue weighted by molar-refractivity contribution is 7.99. The van der Waals surface area contributed by atoms with E-state index in [9.17, 15) is 4.79 Å². The molecule has 1 aromatic heterocycles. The standard InChI is InChI=1S/C14H25N5O2S/c1-10(2)19-13(18(3)4)16-17-14(19)22-9-12(20)15-8-11-6-5-7-21-11/h10-11H,5-9H2,1-4H3,(H,15,20)/t11-/m1/s1. The minimum atomic E-state index is 0.00482. The molecular weight excluding hydrogens is 302 g/mol. The number of thioether (sulfide) groups is 1. The van der Waals surface area contributed by atoms with Crippen LogP contribution in [0, 0.1) is 0 Å². The lowest BCUT2D eigenvalue weighted by atomic mass is 10.2. The lowest BCUT2D eigenvalue weighted by Crippen LogP contribution is -2.33. The van der Waals surface area contributed by atoms with E-state index in [0.717, 1.165) is 30.6 Å². The Morgan fingerprint density at radius 2 is 2.27 bits per heavy atom. The number of hydrogen-bond acceptors (Lipinski definition) is 6. The molecule has 0 aromatic carbocycles. The van der Waals surface area contributed by atoms with Crippen LogP contribution in [0.15, 0.2) is 5.16 Å². The van der Waals surface area contributed by atoms with Gasteiger partial charge < -0.3 is 15.0 Å². The number of aromatic nitrogens is 3. The summed E-state index contributed by atoms with van der Waals surface area (Å²) < 4.78 is 7.53. The average Bonchev–Trinajstić information content (AvgIpc) is 3.11. The molecule has 7 nitrogen and oxygen atoms in total. The fourth-order valence-electron chi connectivity index (χ4n) is 2.34. The number of hydrogen-bond donors (Lipinski definition) is 1. The van der Waals surface area contributed by atoms with Gasteiger partial charge in [-0.3, -0.25) is 9.36 Å². The third kappa shape index (κ3) is 4.36. The summed E-state index contributed by atoms with van der Waals surface area (Å²) in [6, 6.07) is 0.241. The molecule has 1 aromatic rings. The predicted octanol–water partition coefficient (Wildman–Crippen LogP) is 1.31. The minimum Gasteiger partial charge on any atom is -0.376 e.